The summed E-state index contributed by atoms with van der Waals surface area (Å²) >= 11 is 5.65. The molecule has 2 N–H and O–H groups in total. The van der Waals surface area contributed by atoms with Crippen LogP contribution >= 0.6 is 31.9 Å². The zero-order valence-corrected chi connectivity index (χ0v) is 9.22. The van der Waals surface area contributed by atoms with Crippen molar-refractivity contribution in [1.29, 1.82) is 0 Å². The molecule has 70 valence electrons. The van der Waals surface area contributed by atoms with Crippen LogP contribution in [0.1, 0.15) is 0 Å². The Hall–Kier alpha value is -0.690. The first-order valence-corrected chi connectivity index (χ1v) is 4.61. The number of benzene rings is 1. The number of hydrogen-bond acceptors (Lipinski definition) is 3. The van der Waals surface area contributed by atoms with E-state index in [-0.39, 0.29) is 20.3 Å². The van der Waals surface area contributed by atoms with E-state index in [1.54, 1.807) is 0 Å². The molecule has 0 heterocycles. The van der Waals surface area contributed by atoms with Gasteiger partial charge in [0.1, 0.15) is 5.69 Å². The Morgan fingerprint density at radius 1 is 1.54 bits per heavy atom. The zero-order chi connectivity index (χ0) is 10.2. The largest absolute Gasteiger partial charge is 0.392 e. The van der Waals surface area contributed by atoms with Gasteiger partial charge in [0.05, 0.1) is 13.9 Å². The van der Waals surface area contributed by atoms with Crippen molar-refractivity contribution < 1.29 is 9.31 Å². The molecule has 0 atom stereocenters. The predicted molar refractivity (Wildman–Crippen MR) is 52.9 cm³/mol. The first kappa shape index (κ1) is 10.4. The fraction of sp³-hybridized carbons (Fsp3) is 0. The van der Waals surface area contributed by atoms with Gasteiger partial charge < -0.3 is 5.73 Å². The lowest BCUT2D eigenvalue weighted by Gasteiger charge is -2.02. The highest BCUT2D eigenvalue weighted by molar-refractivity contribution is 9.11. The van der Waals surface area contributed by atoms with Gasteiger partial charge >= 0.3 is 0 Å². The van der Waals surface area contributed by atoms with Crippen LogP contribution in [0.3, 0.4) is 0 Å². The van der Waals surface area contributed by atoms with E-state index in [1.807, 2.05) is 0 Å². The summed E-state index contributed by atoms with van der Waals surface area (Å²) in [4.78, 5) is 9.72. The number of anilines is 1. The summed E-state index contributed by atoms with van der Waals surface area (Å²) in [5, 5.41) is 10.4. The lowest BCUT2D eigenvalue weighted by atomic mass is 10.3. The molecule has 0 amide bonds. The Morgan fingerprint density at radius 2 is 2.08 bits per heavy atom. The summed E-state index contributed by atoms with van der Waals surface area (Å²) in [5.41, 5.74) is 4.75. The van der Waals surface area contributed by atoms with Gasteiger partial charge in [-0.15, -0.1) is 0 Å². The van der Waals surface area contributed by atoms with Crippen molar-refractivity contribution >= 4 is 43.2 Å². The molecule has 0 saturated carbocycles. The van der Waals surface area contributed by atoms with E-state index < -0.39 is 10.7 Å². The molecule has 0 aliphatic rings. The van der Waals surface area contributed by atoms with Gasteiger partial charge in [0.2, 0.25) is 0 Å². The summed E-state index contributed by atoms with van der Waals surface area (Å²) in [6.07, 6.45) is 0. The molecule has 7 heteroatoms. The molecule has 0 aliphatic carbocycles. The highest BCUT2D eigenvalue weighted by Gasteiger charge is 2.20. The number of nitro benzene ring substituents is 1. The molecule has 0 aliphatic heterocycles. The van der Waals surface area contributed by atoms with Crippen molar-refractivity contribution in [3.8, 4) is 0 Å². The molecule has 1 aromatic rings. The molecule has 1 aromatic carbocycles. The topological polar surface area (TPSA) is 69.2 Å². The number of nitrogens with two attached hydrogens (primary N) is 1. The molecule has 0 bridgehead atoms. The van der Waals surface area contributed by atoms with E-state index in [0.717, 1.165) is 6.07 Å². The molecule has 0 aromatic heterocycles. The zero-order valence-electron chi connectivity index (χ0n) is 6.05. The van der Waals surface area contributed by atoms with Crippen LogP contribution in [0.5, 0.6) is 0 Å². The van der Waals surface area contributed by atoms with E-state index >= 15 is 0 Å². The Kier molecular flexibility index (Phi) is 2.87. The van der Waals surface area contributed by atoms with Gasteiger partial charge in [-0.05, 0) is 31.9 Å². The van der Waals surface area contributed by atoms with Crippen molar-refractivity contribution in [2.24, 2.45) is 0 Å². The second kappa shape index (κ2) is 3.59. The van der Waals surface area contributed by atoms with E-state index in [2.05, 4.69) is 31.9 Å². The minimum Gasteiger partial charge on any atom is -0.392 e. The average molecular weight is 314 g/mol. The maximum atomic E-state index is 13.0. The van der Waals surface area contributed by atoms with Gasteiger partial charge in [0, 0.05) is 6.07 Å². The van der Waals surface area contributed by atoms with Gasteiger partial charge in [0.25, 0.3) is 5.69 Å². The first-order valence-electron chi connectivity index (χ1n) is 3.02. The summed E-state index contributed by atoms with van der Waals surface area (Å²) in [5.74, 6) is -0.650. The molecule has 0 fully saturated rings. The van der Waals surface area contributed by atoms with Crippen LogP contribution in [0.2, 0.25) is 0 Å². The van der Waals surface area contributed by atoms with Crippen LogP contribution in [0.4, 0.5) is 15.8 Å². The third kappa shape index (κ3) is 1.80. The van der Waals surface area contributed by atoms with Gasteiger partial charge in [-0.1, -0.05) is 0 Å². The van der Waals surface area contributed by atoms with Crippen LogP contribution in [-0.4, -0.2) is 4.92 Å². The molecule has 0 radical (unpaired) electrons. The summed E-state index contributed by atoms with van der Waals surface area (Å²) in [6.45, 7) is 0. The summed E-state index contributed by atoms with van der Waals surface area (Å²) in [7, 11) is 0. The quantitative estimate of drug-likeness (QED) is 0.375. The molecular formula is C6H3Br2FN2O2. The molecule has 1 rings (SSSR count). The highest BCUT2D eigenvalue weighted by Crippen LogP contribution is 2.36. The molecule has 0 saturated heterocycles. The Balaban J connectivity index is 3.50. The standard InChI is InChI=1S/C6H3Br2FN2O2/c7-2-1-3(11(12)13)6(10)4(8)5(2)9/h1H,10H2. The van der Waals surface area contributed by atoms with E-state index in [1.165, 1.54) is 0 Å². The van der Waals surface area contributed by atoms with Crippen LogP contribution in [0, 0.1) is 15.9 Å². The third-order valence-electron chi connectivity index (χ3n) is 1.37. The predicted octanol–water partition coefficient (Wildman–Crippen LogP) is 2.84. The van der Waals surface area contributed by atoms with E-state index in [9.17, 15) is 14.5 Å². The smallest absolute Gasteiger partial charge is 0.294 e. The first-order chi connectivity index (χ1) is 5.95. The van der Waals surface area contributed by atoms with Gasteiger partial charge in [0.15, 0.2) is 5.82 Å². The van der Waals surface area contributed by atoms with Crippen LogP contribution in [-0.2, 0) is 0 Å². The number of halogens is 3. The van der Waals surface area contributed by atoms with Gasteiger partial charge in [-0.25, -0.2) is 4.39 Å². The molecule has 4 nitrogen and oxygen atoms in total. The third-order valence-corrected chi connectivity index (χ3v) is 2.73. The van der Waals surface area contributed by atoms with Crippen LogP contribution in [0.25, 0.3) is 0 Å². The van der Waals surface area contributed by atoms with E-state index in [4.69, 9.17) is 5.73 Å². The number of rotatable bonds is 1. The molecule has 0 unspecified atom stereocenters. The maximum absolute atomic E-state index is 13.0. The Morgan fingerprint density at radius 3 is 2.54 bits per heavy atom. The van der Waals surface area contributed by atoms with Crippen molar-refractivity contribution in [3.05, 3.63) is 30.9 Å². The number of nitrogens with zero attached hydrogens (tertiary/aromatic N) is 1. The van der Waals surface area contributed by atoms with Crippen LogP contribution in [0.15, 0.2) is 15.0 Å². The van der Waals surface area contributed by atoms with Gasteiger partial charge in [-0.3, -0.25) is 10.1 Å². The SMILES string of the molecule is Nc1c([N+](=O)[O-])cc(Br)c(F)c1Br. The number of nitrogen functional groups attached to an aromatic ring is 1. The van der Waals surface area contributed by atoms with Crippen molar-refractivity contribution in [2.75, 3.05) is 5.73 Å². The lowest BCUT2D eigenvalue weighted by Crippen LogP contribution is -1.98. The second-order valence-electron chi connectivity index (χ2n) is 2.18. The molecule has 0 spiro atoms. The maximum Gasteiger partial charge on any atom is 0.294 e. The molecular weight excluding hydrogens is 311 g/mol. The summed E-state index contributed by atoms with van der Waals surface area (Å²) < 4.78 is 12.9. The number of hydrogen-bond donors (Lipinski definition) is 1. The fourth-order valence-electron chi connectivity index (χ4n) is 0.748. The normalized spacial score (nSPS) is 10.1. The Bertz CT molecular complexity index is 383. The van der Waals surface area contributed by atoms with Gasteiger partial charge in [-0.2, -0.15) is 0 Å². The summed E-state index contributed by atoms with van der Waals surface area (Å²) in [6, 6.07) is 1.02. The molecule has 13 heavy (non-hydrogen) atoms. The lowest BCUT2D eigenvalue weighted by molar-refractivity contribution is -0.384. The minimum atomic E-state index is -0.676. The highest BCUT2D eigenvalue weighted by atomic mass is 79.9. The monoisotopic (exact) mass is 312 g/mol. The van der Waals surface area contributed by atoms with Crippen molar-refractivity contribution in [1.82, 2.24) is 0 Å². The number of nitro groups is 1. The minimum absolute atomic E-state index is 0.000255. The van der Waals surface area contributed by atoms with E-state index in [0.29, 0.717) is 0 Å². The average Bonchev–Trinajstić information content (AvgIpc) is 2.07. The van der Waals surface area contributed by atoms with Crippen molar-refractivity contribution in [3.63, 3.8) is 0 Å². The second-order valence-corrected chi connectivity index (χ2v) is 3.82. The fourth-order valence-corrected chi connectivity index (χ4v) is 1.85. The van der Waals surface area contributed by atoms with Crippen molar-refractivity contribution in [2.45, 2.75) is 0 Å². The Labute approximate surface area is 89.3 Å². The van der Waals surface area contributed by atoms with Crippen LogP contribution < -0.4 is 5.73 Å².